The molecular weight excluding hydrogens is 376 g/mol. The van der Waals surface area contributed by atoms with Crippen molar-refractivity contribution >= 4 is 23.1 Å². The van der Waals surface area contributed by atoms with Crippen molar-refractivity contribution in [2.24, 2.45) is 0 Å². The van der Waals surface area contributed by atoms with E-state index >= 15 is 0 Å². The van der Waals surface area contributed by atoms with E-state index in [4.69, 9.17) is 11.6 Å². The number of nitrogens with zero attached hydrogens (tertiary/aromatic N) is 4. The maximum Gasteiger partial charge on any atom is 0.228 e. The van der Waals surface area contributed by atoms with Gasteiger partial charge in [-0.1, -0.05) is 29.8 Å². The van der Waals surface area contributed by atoms with Gasteiger partial charge in [-0.05, 0) is 43.7 Å². The predicted octanol–water partition coefficient (Wildman–Crippen LogP) is 3.69. The third-order valence-corrected chi connectivity index (χ3v) is 5.00. The third-order valence-electron chi connectivity index (χ3n) is 4.76. The number of rotatable bonds is 5. The van der Waals surface area contributed by atoms with Crippen LogP contribution < -0.4 is 0 Å². The number of hydroxylamine groups is 1. The second-order valence-corrected chi connectivity index (χ2v) is 7.27. The van der Waals surface area contributed by atoms with Gasteiger partial charge in [0.15, 0.2) is 0 Å². The molecule has 0 fully saturated rings. The highest BCUT2D eigenvalue weighted by atomic mass is 35.5. The van der Waals surface area contributed by atoms with Gasteiger partial charge in [0, 0.05) is 23.4 Å². The van der Waals surface area contributed by atoms with Crippen molar-refractivity contribution in [1.82, 2.24) is 14.8 Å². The van der Waals surface area contributed by atoms with Gasteiger partial charge in [-0.3, -0.25) is 4.57 Å². The second-order valence-electron chi connectivity index (χ2n) is 6.84. The van der Waals surface area contributed by atoms with E-state index in [9.17, 15) is 10.0 Å². The molecule has 6 nitrogen and oxygen atoms in total. The summed E-state index contributed by atoms with van der Waals surface area (Å²) in [7, 11) is 0. The Balaban J connectivity index is 1.86. The van der Waals surface area contributed by atoms with Crippen LogP contribution in [0.1, 0.15) is 42.5 Å². The molecule has 7 heteroatoms. The van der Waals surface area contributed by atoms with Crippen molar-refractivity contribution in [2.75, 3.05) is 0 Å². The van der Waals surface area contributed by atoms with Gasteiger partial charge in [0.1, 0.15) is 11.6 Å². The number of aryl methyl sites for hydroxylation is 1. The molecule has 0 saturated carbocycles. The fraction of sp³-hybridized carbons (Fsp3) is 0.238. The van der Waals surface area contributed by atoms with Crippen LogP contribution in [0.3, 0.4) is 0 Å². The Bertz CT molecular complexity index is 1070. The second kappa shape index (κ2) is 7.56. The summed E-state index contributed by atoms with van der Waals surface area (Å²) in [5.41, 5.74) is 2.93. The standard InChI is InChI=1S/C21H19ClN4O2/c1-14(27)6-5-9-19-23-24-20-13-25(28)21(15-7-3-2-4-8-15)17-12-16(22)10-11-18(17)26(19)20/h2-4,7-8,10-12H,5-6,9,13H2,1H3. The smallest absolute Gasteiger partial charge is 0.228 e. The zero-order valence-electron chi connectivity index (χ0n) is 15.4. The van der Waals surface area contributed by atoms with Crippen LogP contribution in [-0.2, 0) is 17.8 Å². The van der Waals surface area contributed by atoms with Gasteiger partial charge >= 0.3 is 0 Å². The summed E-state index contributed by atoms with van der Waals surface area (Å²) in [6.45, 7) is 1.66. The number of ketones is 1. The van der Waals surface area contributed by atoms with Crippen molar-refractivity contribution in [3.8, 4) is 5.69 Å². The molecule has 1 aliphatic rings. The largest absolute Gasteiger partial charge is 0.623 e. The normalized spacial score (nSPS) is 13.1. The van der Waals surface area contributed by atoms with E-state index in [1.54, 1.807) is 19.1 Å². The van der Waals surface area contributed by atoms with Crippen LogP contribution >= 0.6 is 11.6 Å². The number of hydrogen-bond donors (Lipinski definition) is 0. The maximum atomic E-state index is 13.1. The lowest BCUT2D eigenvalue weighted by molar-refractivity contribution is -0.475. The van der Waals surface area contributed by atoms with Crippen molar-refractivity contribution in [3.05, 3.63) is 81.5 Å². The fourth-order valence-electron chi connectivity index (χ4n) is 3.52. The number of Topliss-reactive ketones (excluding diaryl/α,β-unsaturated/α-hetero) is 1. The molecule has 3 aromatic rings. The van der Waals surface area contributed by atoms with Crippen molar-refractivity contribution < 1.29 is 9.53 Å². The number of halogens is 1. The molecule has 0 amide bonds. The lowest BCUT2D eigenvalue weighted by atomic mass is 10.0. The minimum Gasteiger partial charge on any atom is -0.623 e. The minimum atomic E-state index is 0.0796. The highest BCUT2D eigenvalue weighted by Crippen LogP contribution is 2.28. The van der Waals surface area contributed by atoms with Crippen LogP contribution in [0.5, 0.6) is 0 Å². The first kappa shape index (κ1) is 18.4. The van der Waals surface area contributed by atoms with E-state index in [-0.39, 0.29) is 12.3 Å². The summed E-state index contributed by atoms with van der Waals surface area (Å²) in [5.74, 6) is 1.46. The molecule has 0 aliphatic carbocycles. The van der Waals surface area contributed by atoms with Crippen LogP contribution in [0.4, 0.5) is 0 Å². The van der Waals surface area contributed by atoms with Gasteiger partial charge in [0.2, 0.25) is 18.1 Å². The molecule has 0 radical (unpaired) electrons. The number of aromatic nitrogens is 3. The molecule has 2 heterocycles. The van der Waals surface area contributed by atoms with Crippen LogP contribution in [0, 0.1) is 5.21 Å². The molecular formula is C21H19ClN4O2. The lowest BCUT2D eigenvalue weighted by Gasteiger charge is -2.12. The first-order valence-corrected chi connectivity index (χ1v) is 9.52. The van der Waals surface area contributed by atoms with E-state index in [1.807, 2.05) is 41.0 Å². The monoisotopic (exact) mass is 394 g/mol. The van der Waals surface area contributed by atoms with E-state index in [1.165, 1.54) is 0 Å². The average Bonchev–Trinajstić information content (AvgIpc) is 3.00. The third kappa shape index (κ3) is 3.43. The SMILES string of the molecule is CC(=O)CCCc1nnc2n1-c1ccc(Cl)cc1C(c1ccccc1)=[N+]([O-])C2. The van der Waals surface area contributed by atoms with Crippen molar-refractivity contribution in [1.29, 1.82) is 0 Å². The number of carbonyl (C=O) groups is 1. The van der Waals surface area contributed by atoms with Crippen LogP contribution in [-0.4, -0.2) is 31.0 Å². The maximum absolute atomic E-state index is 13.1. The Morgan fingerprint density at radius 1 is 1.21 bits per heavy atom. The van der Waals surface area contributed by atoms with Crippen LogP contribution in [0.25, 0.3) is 5.69 Å². The highest BCUT2D eigenvalue weighted by molar-refractivity contribution is 6.31. The molecule has 1 aliphatic heterocycles. The minimum absolute atomic E-state index is 0.0796. The lowest BCUT2D eigenvalue weighted by Crippen LogP contribution is -2.17. The van der Waals surface area contributed by atoms with E-state index in [0.29, 0.717) is 35.8 Å². The van der Waals surface area contributed by atoms with Crippen molar-refractivity contribution in [2.45, 2.75) is 32.7 Å². The Morgan fingerprint density at radius 2 is 2.00 bits per heavy atom. The van der Waals surface area contributed by atoms with Gasteiger partial charge in [0.25, 0.3) is 0 Å². The number of fused-ring (bicyclic) bond motifs is 3. The quantitative estimate of drug-likeness (QED) is 0.488. The summed E-state index contributed by atoms with van der Waals surface area (Å²) in [6.07, 6.45) is 1.78. The Labute approximate surface area is 167 Å². The number of carbonyl (C=O) groups excluding carboxylic acids is 1. The molecule has 0 N–H and O–H groups in total. The molecule has 28 heavy (non-hydrogen) atoms. The van der Waals surface area contributed by atoms with E-state index < -0.39 is 0 Å². The van der Waals surface area contributed by atoms with Crippen LogP contribution in [0.2, 0.25) is 5.02 Å². The highest BCUT2D eigenvalue weighted by Gasteiger charge is 2.29. The van der Waals surface area contributed by atoms with Gasteiger partial charge in [-0.2, -0.15) is 4.74 Å². The zero-order valence-corrected chi connectivity index (χ0v) is 16.2. The molecule has 0 unspecified atom stereocenters. The van der Waals surface area contributed by atoms with Gasteiger partial charge in [0.05, 0.1) is 11.3 Å². The molecule has 0 bridgehead atoms. The van der Waals surface area contributed by atoms with Gasteiger partial charge in [-0.15, -0.1) is 10.2 Å². The number of hydrogen-bond acceptors (Lipinski definition) is 4. The molecule has 0 spiro atoms. The van der Waals surface area contributed by atoms with Gasteiger partial charge in [-0.25, -0.2) is 0 Å². The van der Waals surface area contributed by atoms with E-state index in [0.717, 1.165) is 27.4 Å². The van der Waals surface area contributed by atoms with E-state index in [2.05, 4.69) is 10.2 Å². The topological polar surface area (TPSA) is 73.8 Å². The first-order valence-electron chi connectivity index (χ1n) is 9.14. The van der Waals surface area contributed by atoms with Crippen molar-refractivity contribution in [3.63, 3.8) is 0 Å². The zero-order chi connectivity index (χ0) is 19.7. The molecule has 4 rings (SSSR count). The summed E-state index contributed by atoms with van der Waals surface area (Å²) >= 11 is 6.28. The predicted molar refractivity (Wildman–Crippen MR) is 107 cm³/mol. The summed E-state index contributed by atoms with van der Waals surface area (Å²) in [4.78, 5) is 11.3. The Morgan fingerprint density at radius 3 is 2.75 bits per heavy atom. The molecule has 2 aromatic carbocycles. The molecule has 0 saturated heterocycles. The summed E-state index contributed by atoms with van der Waals surface area (Å²) in [5, 5.41) is 22.2. The molecule has 1 aromatic heterocycles. The average molecular weight is 395 g/mol. The van der Waals surface area contributed by atoms with Gasteiger partial charge < -0.3 is 10.0 Å². The fourth-order valence-corrected chi connectivity index (χ4v) is 3.69. The Hall–Kier alpha value is -2.99. The van der Waals surface area contributed by atoms with Crippen LogP contribution in [0.15, 0.2) is 48.5 Å². The summed E-state index contributed by atoms with van der Waals surface area (Å²) in [6, 6.07) is 15.0. The Kier molecular flexibility index (Phi) is 4.96. The molecule has 0 atom stereocenters. The summed E-state index contributed by atoms with van der Waals surface area (Å²) < 4.78 is 2.87. The molecule has 142 valence electrons. The first-order chi connectivity index (χ1) is 13.5. The number of benzene rings is 2.